The molecule has 0 aliphatic rings. The quantitative estimate of drug-likeness (QED) is 0.795. The molecule has 0 aliphatic carbocycles. The molecule has 1 N–H and O–H groups in total. The fourth-order valence-corrected chi connectivity index (χ4v) is 2.39. The molecule has 2 heterocycles. The third-order valence-corrected chi connectivity index (χ3v) is 3.50. The largest absolute Gasteiger partial charge is 0.375 e. The van der Waals surface area contributed by atoms with Crippen molar-refractivity contribution in [3.63, 3.8) is 0 Å². The van der Waals surface area contributed by atoms with Gasteiger partial charge in [0.1, 0.15) is 17.4 Å². The standard InChI is InChI=1S/C17H12F2N4/c1-10(15-4-2-3-5-21-15)23-16-11(8-20)9-22-17-13(16)6-12(18)7-14(17)19/h2-7,9-10H,1H3,(H,22,23)/t10-/m1/s1. The number of fused-ring (bicyclic) bond motifs is 1. The molecule has 0 amide bonds. The van der Waals surface area contributed by atoms with Crippen LogP contribution in [0.15, 0.2) is 42.7 Å². The van der Waals surface area contributed by atoms with E-state index < -0.39 is 11.6 Å². The van der Waals surface area contributed by atoms with E-state index >= 15 is 0 Å². The third-order valence-electron chi connectivity index (χ3n) is 3.50. The van der Waals surface area contributed by atoms with Gasteiger partial charge in [-0.05, 0) is 25.1 Å². The number of nitrogens with one attached hydrogen (secondary N) is 1. The average Bonchev–Trinajstić information content (AvgIpc) is 2.56. The number of nitrogens with zero attached hydrogens (tertiary/aromatic N) is 3. The predicted molar refractivity (Wildman–Crippen MR) is 82.6 cm³/mol. The van der Waals surface area contributed by atoms with Crippen molar-refractivity contribution in [3.8, 4) is 6.07 Å². The van der Waals surface area contributed by atoms with Gasteiger partial charge in [-0.2, -0.15) is 5.26 Å². The Balaban J connectivity index is 2.14. The van der Waals surface area contributed by atoms with Crippen LogP contribution in [-0.2, 0) is 0 Å². The fraction of sp³-hybridized carbons (Fsp3) is 0.118. The van der Waals surface area contributed by atoms with Gasteiger partial charge in [-0.3, -0.25) is 9.97 Å². The van der Waals surface area contributed by atoms with Gasteiger partial charge in [0.15, 0.2) is 5.82 Å². The summed E-state index contributed by atoms with van der Waals surface area (Å²) in [7, 11) is 0. The van der Waals surface area contributed by atoms with Gasteiger partial charge >= 0.3 is 0 Å². The minimum Gasteiger partial charge on any atom is -0.375 e. The zero-order valence-corrected chi connectivity index (χ0v) is 12.2. The number of pyridine rings is 2. The summed E-state index contributed by atoms with van der Waals surface area (Å²) in [5, 5.41) is 12.6. The minimum atomic E-state index is -0.766. The topological polar surface area (TPSA) is 61.6 Å². The maximum Gasteiger partial charge on any atom is 0.152 e. The molecule has 0 saturated heterocycles. The van der Waals surface area contributed by atoms with Gasteiger partial charge in [0.25, 0.3) is 0 Å². The van der Waals surface area contributed by atoms with E-state index in [1.807, 2.05) is 25.1 Å². The van der Waals surface area contributed by atoms with Crippen LogP contribution in [0.4, 0.5) is 14.5 Å². The van der Waals surface area contributed by atoms with E-state index in [0.717, 1.165) is 11.8 Å². The van der Waals surface area contributed by atoms with Crippen molar-refractivity contribution in [2.75, 3.05) is 5.32 Å². The summed E-state index contributed by atoms with van der Waals surface area (Å²) >= 11 is 0. The Morgan fingerprint density at radius 1 is 1.22 bits per heavy atom. The van der Waals surface area contributed by atoms with Gasteiger partial charge < -0.3 is 5.32 Å². The van der Waals surface area contributed by atoms with Gasteiger partial charge in [0, 0.05) is 23.8 Å². The highest BCUT2D eigenvalue weighted by Gasteiger charge is 2.16. The maximum atomic E-state index is 13.9. The molecule has 0 bridgehead atoms. The van der Waals surface area contributed by atoms with Crippen LogP contribution in [0.1, 0.15) is 24.2 Å². The Kier molecular flexibility index (Phi) is 3.85. The lowest BCUT2D eigenvalue weighted by molar-refractivity contribution is 0.590. The molecule has 0 radical (unpaired) electrons. The highest BCUT2D eigenvalue weighted by Crippen LogP contribution is 2.30. The van der Waals surface area contributed by atoms with Gasteiger partial charge in [-0.1, -0.05) is 6.07 Å². The first-order valence-corrected chi connectivity index (χ1v) is 6.95. The van der Waals surface area contributed by atoms with Crippen molar-refractivity contribution in [1.82, 2.24) is 9.97 Å². The SMILES string of the molecule is C[C@@H](Nc1c(C#N)cnc2c(F)cc(F)cc12)c1ccccn1. The second-order valence-corrected chi connectivity index (χ2v) is 5.06. The van der Waals surface area contributed by atoms with E-state index in [1.54, 1.807) is 12.3 Å². The molecular formula is C17H12F2N4. The summed E-state index contributed by atoms with van der Waals surface area (Å²) < 4.78 is 27.5. The molecular weight excluding hydrogens is 298 g/mol. The van der Waals surface area contributed by atoms with E-state index in [4.69, 9.17) is 0 Å². The number of aromatic nitrogens is 2. The van der Waals surface area contributed by atoms with Gasteiger partial charge in [-0.25, -0.2) is 8.78 Å². The van der Waals surface area contributed by atoms with Gasteiger partial charge in [0.2, 0.25) is 0 Å². The summed E-state index contributed by atoms with van der Waals surface area (Å²) in [6.45, 7) is 1.85. The molecule has 1 atom stereocenters. The van der Waals surface area contributed by atoms with Crippen LogP contribution in [0.25, 0.3) is 10.9 Å². The van der Waals surface area contributed by atoms with E-state index in [-0.39, 0.29) is 22.5 Å². The molecule has 0 aliphatic heterocycles. The number of hydrogen-bond donors (Lipinski definition) is 1. The van der Waals surface area contributed by atoms with E-state index in [2.05, 4.69) is 15.3 Å². The Morgan fingerprint density at radius 3 is 2.74 bits per heavy atom. The third kappa shape index (κ3) is 2.81. The lowest BCUT2D eigenvalue weighted by atomic mass is 10.1. The Bertz CT molecular complexity index is 904. The molecule has 4 nitrogen and oxygen atoms in total. The molecule has 0 unspecified atom stereocenters. The molecule has 0 saturated carbocycles. The summed E-state index contributed by atoms with van der Waals surface area (Å²) in [6, 6.07) is 9.15. The van der Waals surface area contributed by atoms with Crippen molar-refractivity contribution >= 4 is 16.6 Å². The molecule has 0 spiro atoms. The summed E-state index contributed by atoms with van der Waals surface area (Å²) in [6.07, 6.45) is 2.93. The van der Waals surface area contributed by atoms with Crippen LogP contribution in [0, 0.1) is 23.0 Å². The fourth-order valence-electron chi connectivity index (χ4n) is 2.39. The second-order valence-electron chi connectivity index (χ2n) is 5.06. The smallest absolute Gasteiger partial charge is 0.152 e. The maximum absolute atomic E-state index is 13.9. The van der Waals surface area contributed by atoms with E-state index in [1.165, 1.54) is 12.3 Å². The van der Waals surface area contributed by atoms with Crippen LogP contribution < -0.4 is 5.32 Å². The van der Waals surface area contributed by atoms with Crippen LogP contribution in [-0.4, -0.2) is 9.97 Å². The molecule has 2 aromatic heterocycles. The van der Waals surface area contributed by atoms with Gasteiger partial charge in [0.05, 0.1) is 23.0 Å². The highest BCUT2D eigenvalue weighted by molar-refractivity contribution is 5.94. The zero-order chi connectivity index (χ0) is 16.4. The molecule has 114 valence electrons. The molecule has 3 aromatic rings. The van der Waals surface area contributed by atoms with Crippen molar-refractivity contribution < 1.29 is 8.78 Å². The van der Waals surface area contributed by atoms with Crippen LogP contribution >= 0.6 is 0 Å². The Labute approximate surface area is 131 Å². The number of rotatable bonds is 3. The van der Waals surface area contributed by atoms with Crippen molar-refractivity contribution in [2.45, 2.75) is 13.0 Å². The van der Waals surface area contributed by atoms with Crippen LogP contribution in [0.3, 0.4) is 0 Å². The Hall–Kier alpha value is -3.07. The predicted octanol–water partition coefficient (Wildman–Crippen LogP) is 3.95. The summed E-state index contributed by atoms with van der Waals surface area (Å²) in [4.78, 5) is 8.15. The first-order chi connectivity index (χ1) is 11.1. The number of hydrogen-bond acceptors (Lipinski definition) is 4. The van der Waals surface area contributed by atoms with E-state index in [9.17, 15) is 14.0 Å². The number of nitriles is 1. The number of anilines is 1. The lowest BCUT2D eigenvalue weighted by Gasteiger charge is -2.17. The molecule has 3 rings (SSSR count). The van der Waals surface area contributed by atoms with E-state index in [0.29, 0.717) is 5.69 Å². The van der Waals surface area contributed by atoms with Gasteiger partial charge in [-0.15, -0.1) is 0 Å². The molecule has 6 heteroatoms. The van der Waals surface area contributed by atoms with Crippen molar-refractivity contribution in [2.24, 2.45) is 0 Å². The monoisotopic (exact) mass is 310 g/mol. The number of benzene rings is 1. The first kappa shape index (κ1) is 14.9. The normalized spacial score (nSPS) is 11.9. The average molecular weight is 310 g/mol. The highest BCUT2D eigenvalue weighted by atomic mass is 19.1. The number of halogens is 2. The second kappa shape index (κ2) is 5.97. The van der Waals surface area contributed by atoms with Crippen LogP contribution in [0.5, 0.6) is 0 Å². The lowest BCUT2D eigenvalue weighted by Crippen LogP contribution is -2.10. The summed E-state index contributed by atoms with van der Waals surface area (Å²) in [5.41, 5.74) is 1.32. The zero-order valence-electron chi connectivity index (χ0n) is 12.2. The molecule has 0 fully saturated rings. The summed E-state index contributed by atoms with van der Waals surface area (Å²) in [5.74, 6) is -1.49. The Morgan fingerprint density at radius 2 is 2.04 bits per heavy atom. The minimum absolute atomic E-state index is 0.0149. The van der Waals surface area contributed by atoms with Crippen molar-refractivity contribution in [1.29, 1.82) is 5.26 Å². The van der Waals surface area contributed by atoms with Crippen LogP contribution in [0.2, 0.25) is 0 Å². The van der Waals surface area contributed by atoms with Crippen molar-refractivity contribution in [3.05, 3.63) is 65.6 Å². The molecule has 1 aromatic carbocycles. The first-order valence-electron chi connectivity index (χ1n) is 6.95. The molecule has 23 heavy (non-hydrogen) atoms.